The molecule has 0 spiro atoms. The van der Waals surface area contributed by atoms with Crippen molar-refractivity contribution in [2.45, 2.75) is 141 Å². The number of rotatable bonds is 27. The zero-order valence-corrected chi connectivity index (χ0v) is 29.6. The van der Waals surface area contributed by atoms with Crippen LogP contribution >= 0.6 is 0 Å². The summed E-state index contributed by atoms with van der Waals surface area (Å²) in [6.07, 6.45) is 15.0. The number of aliphatic hydroxyl groups is 1. The molecule has 0 aliphatic heterocycles. The molecule has 0 saturated carbocycles. The van der Waals surface area contributed by atoms with Gasteiger partial charge in [-0.15, -0.1) is 0 Å². The van der Waals surface area contributed by atoms with Crippen molar-refractivity contribution in [2.75, 3.05) is 14.2 Å². The van der Waals surface area contributed by atoms with E-state index in [1.807, 2.05) is 13.8 Å². The summed E-state index contributed by atoms with van der Waals surface area (Å²) in [7, 11) is 2.91. The molecule has 0 aromatic heterocycles. The molecule has 0 heterocycles. The van der Waals surface area contributed by atoms with Crippen LogP contribution in [-0.4, -0.2) is 77.2 Å². The molecular formula is C37H59NO10. The van der Waals surface area contributed by atoms with Gasteiger partial charge < -0.3 is 34.8 Å². The molecule has 0 aliphatic carbocycles. The summed E-state index contributed by atoms with van der Waals surface area (Å²) in [6.45, 7) is 6.15. The van der Waals surface area contributed by atoms with Crippen molar-refractivity contribution in [3.05, 3.63) is 42.0 Å². The van der Waals surface area contributed by atoms with Gasteiger partial charge in [-0.05, 0) is 56.7 Å². The fourth-order valence-corrected chi connectivity index (χ4v) is 5.44. The minimum Gasteiger partial charge on any atom is -0.491 e. The molecule has 0 saturated heterocycles. The lowest BCUT2D eigenvalue weighted by Gasteiger charge is -2.29. The number of hydrogen-bond acceptors (Lipinski definition) is 8. The van der Waals surface area contributed by atoms with Gasteiger partial charge in [0.05, 0.1) is 31.7 Å². The minimum absolute atomic E-state index is 0.00563. The van der Waals surface area contributed by atoms with Crippen molar-refractivity contribution in [1.29, 1.82) is 0 Å². The largest absolute Gasteiger partial charge is 0.491 e. The molecule has 48 heavy (non-hydrogen) atoms. The van der Waals surface area contributed by atoms with Crippen LogP contribution in [0.4, 0.5) is 0 Å². The molecule has 5 atom stereocenters. The number of allylic oxidation sites excluding steroid dienone is 1. The highest BCUT2D eigenvalue weighted by Crippen LogP contribution is 2.26. The Bertz CT molecular complexity index is 1120. The number of benzene rings is 1. The molecule has 0 radical (unpaired) electrons. The molecule has 4 N–H and O–H groups in total. The highest BCUT2D eigenvalue weighted by molar-refractivity contribution is 5.94. The monoisotopic (exact) mass is 677 g/mol. The van der Waals surface area contributed by atoms with Gasteiger partial charge >= 0.3 is 17.9 Å². The van der Waals surface area contributed by atoms with Crippen molar-refractivity contribution >= 4 is 23.8 Å². The summed E-state index contributed by atoms with van der Waals surface area (Å²) in [5.41, 5.74) is -2.29. The summed E-state index contributed by atoms with van der Waals surface area (Å²) < 4.78 is 16.3. The second-order valence-corrected chi connectivity index (χ2v) is 12.5. The number of unbranched alkanes of at least 4 members (excludes halogenated alkanes) is 8. The predicted octanol–water partition coefficient (Wildman–Crippen LogP) is 6.24. The SMILES string of the molecule is CCCCCCC[C@@H](CCCCCC/C=C/C(C(=O)NC(Cc1ccc(O[C@@H](C)CC)cc1)C(=O)OC)[C@@](O)(CC(=O)O)C(=O)O)OC. The normalized spacial score (nSPS) is 15.2. The zero-order valence-electron chi connectivity index (χ0n) is 29.6. The van der Waals surface area contributed by atoms with Gasteiger partial charge in [-0.3, -0.25) is 9.59 Å². The number of hydrogen-bond donors (Lipinski definition) is 4. The van der Waals surface area contributed by atoms with E-state index in [1.165, 1.54) is 38.2 Å². The lowest BCUT2D eigenvalue weighted by atomic mass is 9.82. The molecule has 272 valence electrons. The van der Waals surface area contributed by atoms with Gasteiger partial charge in [-0.1, -0.05) is 89.5 Å². The number of esters is 1. The summed E-state index contributed by atoms with van der Waals surface area (Å²) >= 11 is 0. The Hall–Kier alpha value is -3.44. The number of carbonyl (C=O) groups excluding carboxylic acids is 2. The van der Waals surface area contributed by atoms with E-state index in [0.717, 1.165) is 52.1 Å². The Morgan fingerprint density at radius 3 is 2.02 bits per heavy atom. The zero-order chi connectivity index (χ0) is 36.0. The van der Waals surface area contributed by atoms with Crippen molar-refractivity contribution in [2.24, 2.45) is 5.92 Å². The average Bonchev–Trinajstić information content (AvgIpc) is 3.05. The van der Waals surface area contributed by atoms with Crippen LogP contribution < -0.4 is 10.1 Å². The van der Waals surface area contributed by atoms with E-state index < -0.39 is 47.8 Å². The van der Waals surface area contributed by atoms with Crippen LogP contribution in [-0.2, 0) is 35.1 Å². The third-order valence-corrected chi connectivity index (χ3v) is 8.60. The molecule has 11 heteroatoms. The molecule has 11 nitrogen and oxygen atoms in total. The standard InChI is InChI=1S/C37H59NO10/c1-6-8-9-12-15-18-29(46-4)19-16-13-10-11-14-17-20-31(37(45,36(43)44)26-33(39)40)34(41)38-32(35(42)47-5)25-28-21-23-30(24-22-28)48-27(3)7-2/h17,20-24,27,29,31-32,45H,6-16,18-19,25-26H2,1-5H3,(H,38,41)(H,39,40)(H,43,44)/b20-17+/t27-,29-,31?,32?,37-/m0/s1. The van der Waals surface area contributed by atoms with Crippen LogP contribution in [0.2, 0.25) is 0 Å². The number of carboxylic acids is 2. The maximum Gasteiger partial charge on any atom is 0.337 e. The molecule has 0 bridgehead atoms. The highest BCUT2D eigenvalue weighted by Gasteiger charge is 2.49. The first-order chi connectivity index (χ1) is 22.9. The Morgan fingerprint density at radius 2 is 1.50 bits per heavy atom. The van der Waals surface area contributed by atoms with Crippen LogP contribution in [0, 0.1) is 5.92 Å². The molecule has 2 unspecified atom stereocenters. The third-order valence-electron chi connectivity index (χ3n) is 8.60. The van der Waals surface area contributed by atoms with Crippen LogP contribution in [0.3, 0.4) is 0 Å². The lowest BCUT2D eigenvalue weighted by molar-refractivity contribution is -0.172. The third kappa shape index (κ3) is 16.1. The Morgan fingerprint density at radius 1 is 0.896 bits per heavy atom. The van der Waals surface area contributed by atoms with Crippen LogP contribution in [0.5, 0.6) is 5.75 Å². The quantitative estimate of drug-likeness (QED) is 0.0475. The first-order valence-electron chi connectivity index (χ1n) is 17.4. The summed E-state index contributed by atoms with van der Waals surface area (Å²) in [5.74, 6) is -6.39. The Balaban J connectivity index is 2.90. The van der Waals surface area contributed by atoms with Crippen molar-refractivity contribution < 1.29 is 48.7 Å². The number of ether oxygens (including phenoxy) is 3. The topological polar surface area (TPSA) is 169 Å². The van der Waals surface area contributed by atoms with E-state index in [0.29, 0.717) is 17.7 Å². The number of carbonyl (C=O) groups is 4. The Labute approximate surface area is 286 Å². The van der Waals surface area contributed by atoms with Gasteiger partial charge in [0.15, 0.2) is 5.60 Å². The highest BCUT2D eigenvalue weighted by atomic mass is 16.5. The smallest absolute Gasteiger partial charge is 0.337 e. The van der Waals surface area contributed by atoms with E-state index in [-0.39, 0.29) is 18.6 Å². The van der Waals surface area contributed by atoms with E-state index in [4.69, 9.17) is 14.2 Å². The summed E-state index contributed by atoms with van der Waals surface area (Å²) in [4.78, 5) is 49.9. The maximum absolute atomic E-state index is 13.5. The van der Waals surface area contributed by atoms with Gasteiger partial charge in [0, 0.05) is 13.5 Å². The van der Waals surface area contributed by atoms with E-state index in [9.17, 15) is 34.5 Å². The van der Waals surface area contributed by atoms with Crippen molar-refractivity contribution in [3.8, 4) is 5.75 Å². The number of aliphatic carboxylic acids is 2. The molecule has 0 aliphatic rings. The first-order valence-corrected chi connectivity index (χ1v) is 17.4. The minimum atomic E-state index is -2.95. The van der Waals surface area contributed by atoms with Gasteiger partial charge in [0.2, 0.25) is 5.91 Å². The number of amides is 1. The molecule has 0 fully saturated rings. The van der Waals surface area contributed by atoms with E-state index in [2.05, 4.69) is 12.2 Å². The van der Waals surface area contributed by atoms with Crippen molar-refractivity contribution in [3.63, 3.8) is 0 Å². The fourth-order valence-electron chi connectivity index (χ4n) is 5.44. The average molecular weight is 678 g/mol. The van der Waals surface area contributed by atoms with E-state index >= 15 is 0 Å². The molecule has 1 aromatic rings. The number of nitrogens with one attached hydrogen (secondary N) is 1. The van der Waals surface area contributed by atoms with Crippen LogP contribution in [0.1, 0.15) is 116 Å². The summed E-state index contributed by atoms with van der Waals surface area (Å²) in [6, 6.07) is 5.73. The predicted molar refractivity (Wildman–Crippen MR) is 184 cm³/mol. The number of methoxy groups -OCH3 is 2. The first kappa shape index (κ1) is 42.6. The lowest BCUT2D eigenvalue weighted by Crippen LogP contribution is -2.55. The summed E-state index contributed by atoms with van der Waals surface area (Å²) in [5, 5.41) is 32.7. The van der Waals surface area contributed by atoms with Crippen molar-refractivity contribution in [1.82, 2.24) is 5.32 Å². The molecular weight excluding hydrogens is 618 g/mol. The van der Waals surface area contributed by atoms with Crippen LogP contribution in [0.25, 0.3) is 0 Å². The van der Waals surface area contributed by atoms with Gasteiger partial charge in [0.1, 0.15) is 11.8 Å². The fraction of sp³-hybridized carbons (Fsp3) is 0.676. The van der Waals surface area contributed by atoms with Gasteiger partial charge in [-0.2, -0.15) is 0 Å². The van der Waals surface area contributed by atoms with E-state index in [1.54, 1.807) is 37.5 Å². The van der Waals surface area contributed by atoms with Gasteiger partial charge in [-0.25, -0.2) is 9.59 Å². The second-order valence-electron chi connectivity index (χ2n) is 12.5. The molecule has 1 rings (SSSR count). The van der Waals surface area contributed by atoms with Crippen LogP contribution in [0.15, 0.2) is 36.4 Å². The number of carboxylic acid groups (broad SMARTS) is 2. The molecule has 1 aromatic carbocycles. The molecule has 1 amide bonds. The van der Waals surface area contributed by atoms with Gasteiger partial charge in [0.25, 0.3) is 0 Å². The Kier molecular flexibility index (Phi) is 21.1. The maximum atomic E-state index is 13.5. The second kappa shape index (κ2) is 23.8.